The first-order chi connectivity index (χ1) is 12.8. The van der Waals surface area contributed by atoms with Gasteiger partial charge in [0.15, 0.2) is 0 Å². The first kappa shape index (κ1) is 16.0. The van der Waals surface area contributed by atoms with Crippen molar-refractivity contribution in [2.75, 3.05) is 18.0 Å². The number of hydrogen-bond donors (Lipinski definition) is 1. The highest BCUT2D eigenvalue weighted by Gasteiger charge is 2.49. The average molecular weight is 350 g/mol. The smallest absolute Gasteiger partial charge is 0.226 e. The summed E-state index contributed by atoms with van der Waals surface area (Å²) in [5.41, 5.74) is 1.20. The van der Waals surface area contributed by atoms with Gasteiger partial charge in [-0.25, -0.2) is 9.97 Å². The molecule has 136 valence electrons. The summed E-state index contributed by atoms with van der Waals surface area (Å²) >= 11 is 0. The molecule has 0 bridgehead atoms. The molecule has 1 N–H and O–H groups in total. The highest BCUT2D eigenvalue weighted by atomic mass is 16.2. The Kier molecular flexibility index (Phi) is 3.84. The summed E-state index contributed by atoms with van der Waals surface area (Å²) in [6.45, 7) is 1.80. The van der Waals surface area contributed by atoms with E-state index in [0.717, 1.165) is 49.2 Å². The van der Waals surface area contributed by atoms with Crippen LogP contribution in [0.1, 0.15) is 44.9 Å². The lowest BCUT2D eigenvalue weighted by Gasteiger charge is -2.42. The van der Waals surface area contributed by atoms with E-state index < -0.39 is 0 Å². The van der Waals surface area contributed by atoms with Crippen LogP contribution in [0.2, 0.25) is 0 Å². The second-order valence-electron chi connectivity index (χ2n) is 8.29. The summed E-state index contributed by atoms with van der Waals surface area (Å²) in [6, 6.07) is 8.61. The number of fused-ring (bicyclic) bond motifs is 2. The second kappa shape index (κ2) is 6.22. The van der Waals surface area contributed by atoms with Crippen molar-refractivity contribution in [2.24, 2.45) is 11.3 Å². The van der Waals surface area contributed by atoms with Crippen molar-refractivity contribution >= 4 is 22.8 Å². The lowest BCUT2D eigenvalue weighted by atomic mass is 9.70. The van der Waals surface area contributed by atoms with E-state index in [1.165, 1.54) is 25.7 Å². The highest BCUT2D eigenvalue weighted by molar-refractivity contribution is 5.81. The van der Waals surface area contributed by atoms with Crippen LogP contribution in [0.5, 0.6) is 0 Å². The van der Waals surface area contributed by atoms with Gasteiger partial charge in [-0.05, 0) is 38.2 Å². The van der Waals surface area contributed by atoms with Crippen LogP contribution in [0.25, 0.3) is 10.9 Å². The minimum atomic E-state index is 0.192. The van der Waals surface area contributed by atoms with Gasteiger partial charge in [0.2, 0.25) is 11.9 Å². The minimum absolute atomic E-state index is 0.192. The highest BCUT2D eigenvalue weighted by Crippen LogP contribution is 2.47. The molecule has 1 amide bonds. The summed E-state index contributed by atoms with van der Waals surface area (Å²) in [6.07, 6.45) is 10.1. The fourth-order valence-corrected chi connectivity index (χ4v) is 4.95. The molecular formula is C21H26N4O. The molecule has 1 aromatic carbocycles. The van der Waals surface area contributed by atoms with E-state index >= 15 is 0 Å². The van der Waals surface area contributed by atoms with Crippen molar-refractivity contribution in [1.29, 1.82) is 0 Å². The molecule has 0 spiro atoms. The molecule has 2 aromatic rings. The zero-order valence-electron chi connectivity index (χ0n) is 15.2. The normalized spacial score (nSPS) is 28.2. The van der Waals surface area contributed by atoms with Crippen LogP contribution in [0.15, 0.2) is 30.5 Å². The van der Waals surface area contributed by atoms with Gasteiger partial charge in [0.25, 0.3) is 0 Å². The van der Waals surface area contributed by atoms with E-state index in [1.54, 1.807) is 0 Å². The number of amides is 1. The van der Waals surface area contributed by atoms with Gasteiger partial charge in [0, 0.05) is 42.0 Å². The Morgan fingerprint density at radius 3 is 2.96 bits per heavy atom. The third-order valence-electron chi connectivity index (χ3n) is 6.63. The number of nitrogens with one attached hydrogen (secondary N) is 1. The minimum Gasteiger partial charge on any atom is -0.355 e. The van der Waals surface area contributed by atoms with Crippen molar-refractivity contribution in [3.8, 4) is 0 Å². The molecule has 5 heteroatoms. The summed E-state index contributed by atoms with van der Waals surface area (Å²) in [5, 5.41) is 4.36. The van der Waals surface area contributed by atoms with Crippen molar-refractivity contribution in [3.63, 3.8) is 0 Å². The van der Waals surface area contributed by atoms with Crippen LogP contribution >= 0.6 is 0 Å². The molecule has 3 aliphatic rings. The lowest BCUT2D eigenvalue weighted by molar-refractivity contribution is -0.122. The van der Waals surface area contributed by atoms with Crippen LogP contribution in [0.3, 0.4) is 0 Å². The van der Waals surface area contributed by atoms with Crippen LogP contribution in [0.4, 0.5) is 5.95 Å². The molecule has 5 rings (SSSR count). The first-order valence-electron chi connectivity index (χ1n) is 10.0. The Balaban J connectivity index is 1.40. The summed E-state index contributed by atoms with van der Waals surface area (Å²) < 4.78 is 0. The predicted octanol–water partition coefficient (Wildman–Crippen LogP) is 3.30. The number of aromatic nitrogens is 2. The van der Waals surface area contributed by atoms with Gasteiger partial charge < -0.3 is 10.2 Å². The Morgan fingerprint density at radius 1 is 1.19 bits per heavy atom. The van der Waals surface area contributed by atoms with Crippen LogP contribution in [-0.4, -0.2) is 35.0 Å². The summed E-state index contributed by atoms with van der Waals surface area (Å²) in [7, 11) is 0. The van der Waals surface area contributed by atoms with Crippen molar-refractivity contribution in [3.05, 3.63) is 30.5 Å². The van der Waals surface area contributed by atoms with Crippen molar-refractivity contribution < 1.29 is 4.79 Å². The number of rotatable bonds is 4. The van der Waals surface area contributed by atoms with E-state index in [1.807, 2.05) is 18.3 Å². The topological polar surface area (TPSA) is 58.1 Å². The molecule has 0 radical (unpaired) electrons. The van der Waals surface area contributed by atoms with E-state index in [2.05, 4.69) is 27.3 Å². The number of carbonyl (C=O) groups is 1. The van der Waals surface area contributed by atoms with Crippen LogP contribution < -0.4 is 10.2 Å². The SMILES string of the molecule is O=C(NCC12CCCCC1N(c1ncc3ccccc3n1)CC2)C1CC1. The van der Waals surface area contributed by atoms with Gasteiger partial charge in [-0.1, -0.05) is 31.0 Å². The molecule has 1 aliphatic heterocycles. The lowest BCUT2D eigenvalue weighted by Crippen LogP contribution is -2.49. The molecule has 26 heavy (non-hydrogen) atoms. The number of benzene rings is 1. The monoisotopic (exact) mass is 350 g/mol. The number of carbonyl (C=O) groups excluding carboxylic acids is 1. The molecule has 5 nitrogen and oxygen atoms in total. The molecule has 2 saturated carbocycles. The Labute approximate surface area is 154 Å². The summed E-state index contributed by atoms with van der Waals surface area (Å²) in [5.74, 6) is 1.41. The molecule has 1 saturated heterocycles. The number of anilines is 1. The Morgan fingerprint density at radius 2 is 2.08 bits per heavy atom. The fourth-order valence-electron chi connectivity index (χ4n) is 4.95. The van der Waals surface area contributed by atoms with Crippen molar-refractivity contribution in [2.45, 2.75) is 51.0 Å². The maximum absolute atomic E-state index is 12.2. The van der Waals surface area contributed by atoms with E-state index in [4.69, 9.17) is 4.98 Å². The zero-order valence-corrected chi connectivity index (χ0v) is 15.2. The maximum atomic E-state index is 12.2. The van der Waals surface area contributed by atoms with Crippen LogP contribution in [0, 0.1) is 11.3 Å². The number of hydrogen-bond acceptors (Lipinski definition) is 4. The largest absolute Gasteiger partial charge is 0.355 e. The summed E-state index contributed by atoms with van der Waals surface area (Å²) in [4.78, 5) is 24.1. The number of nitrogens with zero attached hydrogens (tertiary/aromatic N) is 3. The molecule has 2 heterocycles. The van der Waals surface area contributed by atoms with Gasteiger partial charge in [-0.15, -0.1) is 0 Å². The predicted molar refractivity (Wildman–Crippen MR) is 102 cm³/mol. The molecule has 2 aliphatic carbocycles. The van der Waals surface area contributed by atoms with Crippen molar-refractivity contribution in [1.82, 2.24) is 15.3 Å². The van der Waals surface area contributed by atoms with Gasteiger partial charge in [0.1, 0.15) is 0 Å². The first-order valence-corrected chi connectivity index (χ1v) is 10.0. The van der Waals surface area contributed by atoms with Gasteiger partial charge in [-0.3, -0.25) is 4.79 Å². The molecule has 2 unspecified atom stereocenters. The van der Waals surface area contributed by atoms with Gasteiger partial charge in [0.05, 0.1) is 5.52 Å². The third kappa shape index (κ3) is 2.74. The Hall–Kier alpha value is -2.17. The standard InChI is InChI=1S/C21H26N4O/c26-19(15-8-9-15)23-14-21-10-4-3-7-18(21)25(12-11-21)20-22-13-16-5-1-2-6-17(16)24-20/h1-2,5-6,13,15,18H,3-4,7-12,14H2,(H,23,26). The van der Waals surface area contributed by atoms with Gasteiger partial charge >= 0.3 is 0 Å². The second-order valence-corrected chi connectivity index (χ2v) is 8.29. The average Bonchev–Trinajstić information content (AvgIpc) is 3.47. The third-order valence-corrected chi connectivity index (χ3v) is 6.63. The molecular weight excluding hydrogens is 324 g/mol. The maximum Gasteiger partial charge on any atom is 0.226 e. The van der Waals surface area contributed by atoms with Gasteiger partial charge in [-0.2, -0.15) is 0 Å². The van der Waals surface area contributed by atoms with Crippen LogP contribution in [-0.2, 0) is 4.79 Å². The van der Waals surface area contributed by atoms with E-state index in [-0.39, 0.29) is 17.2 Å². The number of para-hydroxylation sites is 1. The molecule has 2 atom stereocenters. The fraction of sp³-hybridized carbons (Fsp3) is 0.571. The quantitative estimate of drug-likeness (QED) is 0.919. The van der Waals surface area contributed by atoms with E-state index in [9.17, 15) is 4.79 Å². The molecule has 1 aromatic heterocycles. The zero-order chi connectivity index (χ0) is 17.6. The molecule has 3 fully saturated rings. The Bertz CT molecular complexity index is 834. The van der Waals surface area contributed by atoms with E-state index in [0.29, 0.717) is 6.04 Å².